The number of rotatable bonds is 2. The van der Waals surface area contributed by atoms with Crippen LogP contribution < -0.4 is 0 Å². The van der Waals surface area contributed by atoms with Crippen LogP contribution >= 0.6 is 11.6 Å². The van der Waals surface area contributed by atoms with E-state index in [-0.39, 0.29) is 0 Å². The van der Waals surface area contributed by atoms with Gasteiger partial charge in [-0.1, -0.05) is 84.4 Å². The van der Waals surface area contributed by atoms with Crippen LogP contribution in [0.4, 0.5) is 0 Å². The van der Waals surface area contributed by atoms with Gasteiger partial charge in [0.25, 0.3) is 0 Å². The number of fused-ring (bicyclic) bond motifs is 6. The van der Waals surface area contributed by atoms with Gasteiger partial charge in [0.2, 0.25) is 0 Å². The minimum absolute atomic E-state index is 0.753. The summed E-state index contributed by atoms with van der Waals surface area (Å²) in [7, 11) is 0. The molecule has 0 bridgehead atoms. The molecule has 0 saturated heterocycles. The van der Waals surface area contributed by atoms with Crippen molar-refractivity contribution < 1.29 is 0 Å². The predicted molar refractivity (Wildman–Crippen MR) is 141 cm³/mol. The van der Waals surface area contributed by atoms with E-state index in [2.05, 4.69) is 101 Å². The number of nitrogens with zero attached hydrogens (tertiary/aromatic N) is 1. The minimum Gasteiger partial charge on any atom is -0.354 e. The number of benzene rings is 5. The van der Waals surface area contributed by atoms with Crippen molar-refractivity contribution in [2.75, 3.05) is 0 Å². The van der Waals surface area contributed by atoms with Crippen LogP contribution in [0.3, 0.4) is 0 Å². The highest BCUT2D eigenvalue weighted by atomic mass is 35.5. The summed E-state index contributed by atoms with van der Waals surface area (Å²) in [6.45, 7) is 0. The second-order valence-corrected chi connectivity index (χ2v) is 8.84. The van der Waals surface area contributed by atoms with Crippen molar-refractivity contribution in [3.8, 4) is 16.8 Å². The largest absolute Gasteiger partial charge is 0.354 e. The highest BCUT2D eigenvalue weighted by Gasteiger charge is 2.18. The van der Waals surface area contributed by atoms with Crippen molar-refractivity contribution in [2.24, 2.45) is 0 Å². The van der Waals surface area contributed by atoms with E-state index in [0.29, 0.717) is 0 Å². The standard InChI is InChI=1S/C30H19ClN2/c31-25-13-5-1-9-19(25)21-11-3-7-15-28(21)33-29-16-8-4-12-22(29)24-17-23-20-10-2-6-14-26(20)32-27(23)18-30(24)33/h1-18,32H. The van der Waals surface area contributed by atoms with E-state index in [1.807, 2.05) is 18.2 Å². The van der Waals surface area contributed by atoms with Gasteiger partial charge < -0.3 is 9.55 Å². The molecule has 0 fully saturated rings. The maximum Gasteiger partial charge on any atom is 0.0562 e. The number of aromatic nitrogens is 2. The van der Waals surface area contributed by atoms with E-state index in [9.17, 15) is 0 Å². The van der Waals surface area contributed by atoms with E-state index in [1.165, 1.54) is 32.6 Å². The van der Waals surface area contributed by atoms with Gasteiger partial charge in [0.1, 0.15) is 0 Å². The third-order valence-electron chi connectivity index (χ3n) is 6.61. The molecular formula is C30H19ClN2. The fraction of sp³-hybridized carbons (Fsp3) is 0. The Morgan fingerprint density at radius 1 is 0.515 bits per heavy atom. The van der Waals surface area contributed by atoms with Crippen molar-refractivity contribution in [3.63, 3.8) is 0 Å². The fourth-order valence-electron chi connectivity index (χ4n) is 5.15. The number of para-hydroxylation sites is 3. The minimum atomic E-state index is 0.753. The summed E-state index contributed by atoms with van der Waals surface area (Å²) < 4.78 is 2.37. The first kappa shape index (κ1) is 18.6. The molecule has 0 unspecified atom stereocenters. The van der Waals surface area contributed by atoms with Gasteiger partial charge in [-0.3, -0.25) is 0 Å². The summed E-state index contributed by atoms with van der Waals surface area (Å²) in [5.74, 6) is 0. The van der Waals surface area contributed by atoms with Gasteiger partial charge in [0, 0.05) is 48.7 Å². The highest BCUT2D eigenvalue weighted by Crippen LogP contribution is 2.40. The molecule has 33 heavy (non-hydrogen) atoms. The number of nitrogens with one attached hydrogen (secondary N) is 1. The van der Waals surface area contributed by atoms with Gasteiger partial charge >= 0.3 is 0 Å². The smallest absolute Gasteiger partial charge is 0.0562 e. The maximum atomic E-state index is 6.64. The van der Waals surface area contributed by atoms with E-state index in [0.717, 1.165) is 32.9 Å². The van der Waals surface area contributed by atoms with Crippen molar-refractivity contribution >= 4 is 55.2 Å². The number of hydrogen-bond donors (Lipinski definition) is 1. The van der Waals surface area contributed by atoms with Crippen molar-refractivity contribution in [1.82, 2.24) is 9.55 Å². The summed E-state index contributed by atoms with van der Waals surface area (Å²) >= 11 is 6.64. The van der Waals surface area contributed by atoms with E-state index in [1.54, 1.807) is 0 Å². The van der Waals surface area contributed by atoms with Crippen LogP contribution in [0.25, 0.3) is 60.4 Å². The van der Waals surface area contributed by atoms with Gasteiger partial charge in [-0.2, -0.15) is 0 Å². The molecule has 0 saturated carbocycles. The Morgan fingerprint density at radius 3 is 2.09 bits per heavy atom. The summed E-state index contributed by atoms with van der Waals surface area (Å²) in [5.41, 5.74) is 7.93. The Bertz CT molecular complexity index is 1840. The van der Waals surface area contributed by atoms with Crippen molar-refractivity contribution in [3.05, 3.63) is 114 Å². The average Bonchev–Trinajstić information content (AvgIpc) is 3.38. The summed E-state index contributed by atoms with van der Waals surface area (Å²) in [6.07, 6.45) is 0. The molecule has 2 heterocycles. The zero-order chi connectivity index (χ0) is 21.9. The topological polar surface area (TPSA) is 20.7 Å². The first-order valence-electron chi connectivity index (χ1n) is 11.1. The number of H-pyrrole nitrogens is 1. The van der Waals surface area contributed by atoms with Crippen molar-refractivity contribution in [2.45, 2.75) is 0 Å². The number of aromatic amines is 1. The molecule has 2 aromatic heterocycles. The second-order valence-electron chi connectivity index (χ2n) is 8.44. The van der Waals surface area contributed by atoms with Gasteiger partial charge in [-0.05, 0) is 36.4 Å². The van der Waals surface area contributed by atoms with Gasteiger partial charge in [-0.25, -0.2) is 0 Å². The molecule has 0 aliphatic carbocycles. The molecule has 0 amide bonds. The lowest BCUT2D eigenvalue weighted by atomic mass is 10.0. The molecule has 0 aliphatic heterocycles. The molecular weight excluding hydrogens is 424 g/mol. The van der Waals surface area contributed by atoms with Crippen LogP contribution in [-0.2, 0) is 0 Å². The van der Waals surface area contributed by atoms with E-state index < -0.39 is 0 Å². The highest BCUT2D eigenvalue weighted by molar-refractivity contribution is 6.33. The van der Waals surface area contributed by atoms with Crippen LogP contribution in [0, 0.1) is 0 Å². The molecule has 7 aromatic rings. The Kier molecular flexibility index (Phi) is 3.93. The third kappa shape index (κ3) is 2.68. The first-order valence-corrected chi connectivity index (χ1v) is 11.5. The molecule has 5 aromatic carbocycles. The predicted octanol–water partition coefficient (Wildman–Crippen LogP) is 8.74. The average molecular weight is 443 g/mol. The van der Waals surface area contributed by atoms with Gasteiger partial charge in [0.05, 0.1) is 16.7 Å². The van der Waals surface area contributed by atoms with E-state index in [4.69, 9.17) is 11.6 Å². The quantitative estimate of drug-likeness (QED) is 0.276. The van der Waals surface area contributed by atoms with Crippen molar-refractivity contribution in [1.29, 1.82) is 0 Å². The van der Waals surface area contributed by atoms with Gasteiger partial charge in [0.15, 0.2) is 0 Å². The lowest BCUT2D eigenvalue weighted by Gasteiger charge is -2.15. The zero-order valence-electron chi connectivity index (χ0n) is 17.7. The van der Waals surface area contributed by atoms with Crippen LogP contribution in [0.15, 0.2) is 109 Å². The van der Waals surface area contributed by atoms with Crippen LogP contribution in [0.2, 0.25) is 5.02 Å². The van der Waals surface area contributed by atoms with Crippen LogP contribution in [0.5, 0.6) is 0 Å². The molecule has 0 radical (unpaired) electrons. The van der Waals surface area contributed by atoms with E-state index >= 15 is 0 Å². The lowest BCUT2D eigenvalue weighted by molar-refractivity contribution is 1.18. The molecule has 3 heteroatoms. The van der Waals surface area contributed by atoms with Gasteiger partial charge in [-0.15, -0.1) is 0 Å². The molecule has 0 spiro atoms. The first-order chi connectivity index (χ1) is 16.3. The Labute approximate surface area is 195 Å². The normalized spacial score (nSPS) is 11.8. The Morgan fingerprint density at radius 2 is 1.21 bits per heavy atom. The number of hydrogen-bond acceptors (Lipinski definition) is 0. The Balaban J connectivity index is 1.64. The lowest BCUT2D eigenvalue weighted by Crippen LogP contribution is -1.97. The summed E-state index contributed by atoms with van der Waals surface area (Å²) in [6, 6.07) is 38.3. The fourth-order valence-corrected chi connectivity index (χ4v) is 5.39. The third-order valence-corrected chi connectivity index (χ3v) is 6.94. The Hall–Kier alpha value is -4.01. The molecule has 7 rings (SSSR count). The SMILES string of the molecule is Clc1ccccc1-c1ccccc1-n1c2ccccc2c2cc3c(cc21)[nH]c1ccccc13. The molecule has 156 valence electrons. The molecule has 0 aliphatic rings. The summed E-state index contributed by atoms with van der Waals surface area (Å²) in [5, 5.41) is 5.75. The second kappa shape index (κ2) is 6.99. The summed E-state index contributed by atoms with van der Waals surface area (Å²) in [4.78, 5) is 3.61. The molecule has 0 atom stereocenters. The monoisotopic (exact) mass is 442 g/mol. The molecule has 2 nitrogen and oxygen atoms in total. The van der Waals surface area contributed by atoms with Crippen LogP contribution in [-0.4, -0.2) is 9.55 Å². The maximum absolute atomic E-state index is 6.64. The van der Waals surface area contributed by atoms with Crippen LogP contribution in [0.1, 0.15) is 0 Å². The molecule has 1 N–H and O–H groups in total. The zero-order valence-corrected chi connectivity index (χ0v) is 18.5. The number of halogens is 1.